The Hall–Kier alpha value is -1.33. The van der Waals surface area contributed by atoms with Crippen LogP contribution in [-0.4, -0.2) is 48.5 Å². The first kappa shape index (κ1) is 15.1. The molecule has 1 aromatic rings. The number of piperidine rings is 1. The van der Waals surface area contributed by atoms with Gasteiger partial charge in [-0.05, 0) is 38.9 Å². The van der Waals surface area contributed by atoms with Gasteiger partial charge in [0, 0.05) is 25.7 Å². The van der Waals surface area contributed by atoms with Gasteiger partial charge in [-0.15, -0.1) is 0 Å². The molecule has 0 saturated carbocycles. The van der Waals surface area contributed by atoms with Gasteiger partial charge in [-0.25, -0.2) is 4.98 Å². The van der Waals surface area contributed by atoms with E-state index < -0.39 is 0 Å². The van der Waals surface area contributed by atoms with Crippen molar-refractivity contribution in [2.75, 3.05) is 26.0 Å². The zero-order chi connectivity index (χ0) is 14.7. The first-order chi connectivity index (χ1) is 9.51. The van der Waals surface area contributed by atoms with Crippen LogP contribution in [0, 0.1) is 0 Å². The summed E-state index contributed by atoms with van der Waals surface area (Å²) >= 11 is 6.06. The van der Waals surface area contributed by atoms with Crippen LogP contribution in [0.2, 0.25) is 5.02 Å². The van der Waals surface area contributed by atoms with Crippen molar-refractivity contribution in [3.8, 4) is 0 Å². The molecule has 2 heterocycles. The summed E-state index contributed by atoms with van der Waals surface area (Å²) in [6, 6.07) is 4.09. The van der Waals surface area contributed by atoms with Crippen molar-refractivity contribution in [1.82, 2.24) is 15.2 Å². The number of carbonyl (C=O) groups excluding carboxylic acids is 1. The smallest absolute Gasteiger partial charge is 0.271 e. The normalized spacial score (nSPS) is 23.4. The molecule has 1 aromatic heterocycles. The molecule has 0 aliphatic carbocycles. The molecule has 0 spiro atoms. The standard InChI is InChI=1S/C14H21ClN4O/c1-9-8-10(6-7-19(9)3)17-14(20)13-11(15)4-5-12(16-2)18-13/h4-5,9-10H,6-8H2,1-3H3,(H,16,18)(H,17,20). The average Bonchev–Trinajstić information content (AvgIpc) is 2.43. The summed E-state index contributed by atoms with van der Waals surface area (Å²) in [7, 11) is 3.87. The number of likely N-dealkylation sites (tertiary alicyclic amines) is 1. The Balaban J connectivity index is 2.05. The van der Waals surface area contributed by atoms with Crippen LogP contribution < -0.4 is 10.6 Å². The number of nitrogens with one attached hydrogen (secondary N) is 2. The Labute approximate surface area is 124 Å². The maximum Gasteiger partial charge on any atom is 0.271 e. The fraction of sp³-hybridized carbons (Fsp3) is 0.571. The van der Waals surface area contributed by atoms with Gasteiger partial charge in [0.25, 0.3) is 5.91 Å². The summed E-state index contributed by atoms with van der Waals surface area (Å²) in [6.45, 7) is 3.16. The minimum atomic E-state index is -0.200. The van der Waals surface area contributed by atoms with Gasteiger partial charge in [0.15, 0.2) is 0 Å². The topological polar surface area (TPSA) is 57.3 Å². The van der Waals surface area contributed by atoms with Gasteiger partial charge in [-0.2, -0.15) is 0 Å². The van der Waals surface area contributed by atoms with Crippen molar-refractivity contribution < 1.29 is 4.79 Å². The zero-order valence-corrected chi connectivity index (χ0v) is 12.9. The number of rotatable bonds is 3. The Morgan fingerprint density at radius 3 is 2.90 bits per heavy atom. The van der Waals surface area contributed by atoms with Gasteiger partial charge in [-0.1, -0.05) is 11.6 Å². The SMILES string of the molecule is CNc1ccc(Cl)c(C(=O)NC2CCN(C)C(C)C2)n1. The number of aromatic nitrogens is 1. The van der Waals surface area contributed by atoms with Crippen LogP contribution in [-0.2, 0) is 0 Å². The summed E-state index contributed by atoms with van der Waals surface area (Å²) in [5.41, 5.74) is 0.282. The van der Waals surface area contributed by atoms with Crippen molar-refractivity contribution in [3.63, 3.8) is 0 Å². The predicted molar refractivity (Wildman–Crippen MR) is 81.4 cm³/mol. The van der Waals surface area contributed by atoms with Crippen LogP contribution >= 0.6 is 11.6 Å². The molecule has 0 aromatic carbocycles. The highest BCUT2D eigenvalue weighted by atomic mass is 35.5. The number of hydrogen-bond acceptors (Lipinski definition) is 4. The monoisotopic (exact) mass is 296 g/mol. The third kappa shape index (κ3) is 3.41. The second-order valence-electron chi connectivity index (χ2n) is 5.30. The molecule has 1 saturated heterocycles. The lowest BCUT2D eigenvalue weighted by Gasteiger charge is -2.35. The fourth-order valence-electron chi connectivity index (χ4n) is 2.41. The van der Waals surface area contributed by atoms with E-state index in [2.05, 4.69) is 34.5 Å². The number of halogens is 1. The molecule has 2 rings (SSSR count). The molecule has 110 valence electrons. The molecular weight excluding hydrogens is 276 g/mol. The highest BCUT2D eigenvalue weighted by Crippen LogP contribution is 2.19. The van der Waals surface area contributed by atoms with E-state index in [0.717, 1.165) is 19.4 Å². The maximum absolute atomic E-state index is 12.3. The van der Waals surface area contributed by atoms with Crippen LogP contribution in [0.5, 0.6) is 0 Å². The van der Waals surface area contributed by atoms with Crippen LogP contribution in [0.3, 0.4) is 0 Å². The number of pyridine rings is 1. The van der Waals surface area contributed by atoms with Crippen molar-refractivity contribution in [2.24, 2.45) is 0 Å². The van der Waals surface area contributed by atoms with Crippen molar-refractivity contribution in [2.45, 2.75) is 31.8 Å². The van der Waals surface area contributed by atoms with E-state index in [1.807, 2.05) is 0 Å². The molecule has 2 unspecified atom stereocenters. The lowest BCUT2D eigenvalue weighted by Crippen LogP contribution is -2.47. The first-order valence-electron chi connectivity index (χ1n) is 6.86. The Kier molecular flexibility index (Phi) is 4.83. The molecule has 1 aliphatic heterocycles. The lowest BCUT2D eigenvalue weighted by molar-refractivity contribution is 0.0892. The molecule has 0 bridgehead atoms. The summed E-state index contributed by atoms with van der Waals surface area (Å²) in [6.07, 6.45) is 1.90. The highest BCUT2D eigenvalue weighted by Gasteiger charge is 2.25. The Morgan fingerprint density at radius 2 is 2.25 bits per heavy atom. The van der Waals surface area contributed by atoms with Crippen molar-refractivity contribution in [1.29, 1.82) is 0 Å². The van der Waals surface area contributed by atoms with Gasteiger partial charge in [0.05, 0.1) is 5.02 Å². The summed E-state index contributed by atoms with van der Waals surface area (Å²) in [5.74, 6) is 0.435. The van der Waals surface area contributed by atoms with Gasteiger partial charge < -0.3 is 15.5 Å². The number of carbonyl (C=O) groups is 1. The minimum absolute atomic E-state index is 0.185. The summed E-state index contributed by atoms with van der Waals surface area (Å²) in [4.78, 5) is 18.8. The van der Waals surface area contributed by atoms with E-state index >= 15 is 0 Å². The second kappa shape index (κ2) is 6.41. The molecular formula is C14H21ClN4O. The van der Waals surface area contributed by atoms with Gasteiger partial charge in [-0.3, -0.25) is 4.79 Å². The van der Waals surface area contributed by atoms with Gasteiger partial charge >= 0.3 is 0 Å². The largest absolute Gasteiger partial charge is 0.373 e. The number of amides is 1. The molecule has 1 fully saturated rings. The minimum Gasteiger partial charge on any atom is -0.373 e. The number of anilines is 1. The third-order valence-corrected chi connectivity index (χ3v) is 4.17. The third-order valence-electron chi connectivity index (χ3n) is 3.86. The second-order valence-corrected chi connectivity index (χ2v) is 5.71. The summed E-state index contributed by atoms with van der Waals surface area (Å²) in [5, 5.41) is 6.32. The fourth-order valence-corrected chi connectivity index (χ4v) is 2.61. The zero-order valence-electron chi connectivity index (χ0n) is 12.1. The molecule has 5 nitrogen and oxygen atoms in total. The van der Waals surface area contributed by atoms with Crippen LogP contribution in [0.15, 0.2) is 12.1 Å². The Bertz CT molecular complexity index is 494. The van der Waals surface area contributed by atoms with Crippen molar-refractivity contribution in [3.05, 3.63) is 22.8 Å². The maximum atomic E-state index is 12.3. The van der Waals surface area contributed by atoms with E-state index in [4.69, 9.17) is 11.6 Å². The van der Waals surface area contributed by atoms with Crippen LogP contribution in [0.25, 0.3) is 0 Å². The molecule has 0 radical (unpaired) electrons. The van der Waals surface area contributed by atoms with Gasteiger partial charge in [0.1, 0.15) is 11.5 Å². The van der Waals surface area contributed by atoms with Crippen molar-refractivity contribution >= 4 is 23.3 Å². The molecule has 20 heavy (non-hydrogen) atoms. The van der Waals surface area contributed by atoms with Gasteiger partial charge in [0.2, 0.25) is 0 Å². The van der Waals surface area contributed by atoms with E-state index in [0.29, 0.717) is 16.9 Å². The Morgan fingerprint density at radius 1 is 1.50 bits per heavy atom. The van der Waals surface area contributed by atoms with Crippen LogP contribution in [0.4, 0.5) is 5.82 Å². The van der Waals surface area contributed by atoms with E-state index in [9.17, 15) is 4.79 Å². The average molecular weight is 297 g/mol. The molecule has 6 heteroatoms. The quantitative estimate of drug-likeness (QED) is 0.896. The van der Waals surface area contributed by atoms with E-state index in [1.54, 1.807) is 19.2 Å². The van der Waals surface area contributed by atoms with E-state index in [-0.39, 0.29) is 17.6 Å². The number of hydrogen-bond donors (Lipinski definition) is 2. The summed E-state index contributed by atoms with van der Waals surface area (Å²) < 4.78 is 0. The molecule has 1 aliphatic rings. The van der Waals surface area contributed by atoms with E-state index in [1.165, 1.54) is 0 Å². The molecule has 2 N–H and O–H groups in total. The first-order valence-corrected chi connectivity index (χ1v) is 7.24. The predicted octanol–water partition coefficient (Wildman–Crippen LogP) is 1.99. The highest BCUT2D eigenvalue weighted by molar-refractivity contribution is 6.33. The van der Waals surface area contributed by atoms with Crippen LogP contribution in [0.1, 0.15) is 30.3 Å². The molecule has 1 amide bonds. The lowest BCUT2D eigenvalue weighted by atomic mass is 9.99. The molecule has 2 atom stereocenters. The number of nitrogens with zero attached hydrogens (tertiary/aromatic N) is 2.